The zero-order chi connectivity index (χ0) is 24.1. The molecule has 2 aliphatic heterocycles. The van der Waals surface area contributed by atoms with Crippen molar-refractivity contribution in [2.45, 2.75) is 25.3 Å². The molecular weight excluding hydrogens is 432 g/mol. The van der Waals surface area contributed by atoms with Gasteiger partial charge in [-0.25, -0.2) is 0 Å². The second kappa shape index (κ2) is 11.1. The molecule has 2 aromatic carbocycles. The Morgan fingerprint density at radius 1 is 1.00 bits per heavy atom. The van der Waals surface area contributed by atoms with Crippen molar-refractivity contribution in [1.29, 1.82) is 0 Å². The number of benzene rings is 2. The number of carbonyl (C=O) groups is 1. The first-order valence-electron chi connectivity index (χ1n) is 12.0. The maximum atomic E-state index is 13.8. The summed E-state index contributed by atoms with van der Waals surface area (Å²) in [6, 6.07) is 14.3. The second-order valence-electron chi connectivity index (χ2n) is 9.33. The third kappa shape index (κ3) is 5.15. The molecule has 2 aliphatic rings. The molecule has 0 bridgehead atoms. The van der Waals surface area contributed by atoms with Crippen LogP contribution in [0, 0.1) is 11.8 Å². The van der Waals surface area contributed by atoms with Gasteiger partial charge in [0, 0.05) is 45.2 Å². The Kier molecular flexibility index (Phi) is 7.95. The van der Waals surface area contributed by atoms with Gasteiger partial charge in [0.05, 0.1) is 27.2 Å². The number of rotatable bonds is 8. The van der Waals surface area contributed by atoms with Crippen molar-refractivity contribution in [3.63, 3.8) is 0 Å². The van der Waals surface area contributed by atoms with Crippen molar-refractivity contribution in [1.82, 2.24) is 9.80 Å². The van der Waals surface area contributed by atoms with Crippen LogP contribution in [-0.4, -0.2) is 74.9 Å². The number of likely N-dealkylation sites (tertiary alicyclic amines) is 2. The fraction of sp³-hybridized carbons (Fsp3) is 0.519. The molecule has 3 atom stereocenters. The number of methoxy groups -OCH3 is 3. The van der Waals surface area contributed by atoms with E-state index in [-0.39, 0.29) is 30.3 Å². The summed E-state index contributed by atoms with van der Waals surface area (Å²) in [4.78, 5) is 18.1. The smallest absolute Gasteiger partial charge is 0.227 e. The average molecular weight is 469 g/mol. The number of aliphatic hydroxyl groups is 1. The van der Waals surface area contributed by atoms with E-state index in [9.17, 15) is 9.90 Å². The summed E-state index contributed by atoms with van der Waals surface area (Å²) in [5.41, 5.74) is 2.25. The maximum absolute atomic E-state index is 13.8. The topological polar surface area (TPSA) is 71.5 Å². The van der Waals surface area contributed by atoms with Crippen LogP contribution >= 0.6 is 0 Å². The zero-order valence-electron chi connectivity index (χ0n) is 20.4. The Morgan fingerprint density at radius 2 is 1.71 bits per heavy atom. The SMILES string of the molecule is COc1cc([C@H]2CN(Cc3ccccc3)C[C@@H]2C(=O)N2CCCC(CO)C2)cc(OC)c1OC. The number of carbonyl (C=O) groups excluding carboxylic acids is 1. The minimum Gasteiger partial charge on any atom is -0.493 e. The molecule has 0 aliphatic carbocycles. The summed E-state index contributed by atoms with van der Waals surface area (Å²) < 4.78 is 16.7. The normalized spacial score (nSPS) is 23.1. The molecule has 1 unspecified atom stereocenters. The number of piperidine rings is 1. The Bertz CT molecular complexity index is 942. The molecule has 7 heteroatoms. The lowest BCUT2D eigenvalue weighted by Gasteiger charge is -2.34. The summed E-state index contributed by atoms with van der Waals surface area (Å²) in [6.07, 6.45) is 1.91. The second-order valence-corrected chi connectivity index (χ2v) is 9.33. The van der Waals surface area contributed by atoms with Gasteiger partial charge in [0.15, 0.2) is 11.5 Å². The van der Waals surface area contributed by atoms with Crippen molar-refractivity contribution < 1.29 is 24.1 Å². The predicted octanol–water partition coefficient (Wildman–Crippen LogP) is 3.16. The van der Waals surface area contributed by atoms with Gasteiger partial charge < -0.3 is 24.2 Å². The van der Waals surface area contributed by atoms with Crippen LogP contribution in [0.4, 0.5) is 0 Å². The first-order chi connectivity index (χ1) is 16.6. The molecule has 2 heterocycles. The van der Waals surface area contributed by atoms with Gasteiger partial charge in [-0.2, -0.15) is 0 Å². The van der Waals surface area contributed by atoms with Gasteiger partial charge in [0.2, 0.25) is 11.7 Å². The van der Waals surface area contributed by atoms with Crippen LogP contribution in [0.1, 0.15) is 29.9 Å². The van der Waals surface area contributed by atoms with E-state index in [1.54, 1.807) is 21.3 Å². The van der Waals surface area contributed by atoms with Crippen LogP contribution in [0.15, 0.2) is 42.5 Å². The standard InChI is InChI=1S/C27H36N2O5/c1-32-24-12-21(13-25(33-2)26(24)34-3)22-16-28(14-19-8-5-4-6-9-19)17-23(22)27(31)29-11-7-10-20(15-29)18-30/h4-6,8-9,12-13,20,22-23,30H,7,10-11,14-18H2,1-3H3/t20?,22-,23+/m1/s1. The number of hydrogen-bond acceptors (Lipinski definition) is 6. The largest absolute Gasteiger partial charge is 0.493 e. The molecule has 1 N–H and O–H groups in total. The van der Waals surface area contributed by atoms with Gasteiger partial charge in [-0.1, -0.05) is 30.3 Å². The highest BCUT2D eigenvalue weighted by molar-refractivity contribution is 5.81. The van der Waals surface area contributed by atoms with Crippen molar-refractivity contribution in [3.8, 4) is 17.2 Å². The van der Waals surface area contributed by atoms with Crippen molar-refractivity contribution in [2.75, 3.05) is 54.1 Å². The van der Waals surface area contributed by atoms with Crippen molar-refractivity contribution >= 4 is 5.91 Å². The van der Waals surface area contributed by atoms with Crippen LogP contribution < -0.4 is 14.2 Å². The zero-order valence-corrected chi connectivity index (χ0v) is 20.4. The Hall–Kier alpha value is -2.77. The summed E-state index contributed by atoms with van der Waals surface area (Å²) in [7, 11) is 4.82. The van der Waals surface area contributed by atoms with E-state index in [1.165, 1.54) is 5.56 Å². The lowest BCUT2D eigenvalue weighted by atomic mass is 9.86. The molecule has 0 spiro atoms. The number of ether oxygens (including phenoxy) is 3. The number of nitrogens with zero attached hydrogens (tertiary/aromatic N) is 2. The fourth-order valence-electron chi connectivity index (χ4n) is 5.41. The molecule has 2 aromatic rings. The van der Waals surface area contributed by atoms with E-state index < -0.39 is 0 Å². The lowest BCUT2D eigenvalue weighted by molar-refractivity contribution is -0.137. The Morgan fingerprint density at radius 3 is 2.32 bits per heavy atom. The highest BCUT2D eigenvalue weighted by atomic mass is 16.5. The molecular formula is C27H36N2O5. The van der Waals surface area contributed by atoms with Crippen molar-refractivity contribution in [2.24, 2.45) is 11.8 Å². The van der Waals surface area contributed by atoms with E-state index in [0.29, 0.717) is 30.3 Å². The molecule has 4 rings (SSSR count). The van der Waals surface area contributed by atoms with Gasteiger partial charge in [-0.15, -0.1) is 0 Å². The molecule has 0 radical (unpaired) electrons. The molecule has 0 aromatic heterocycles. The van der Waals surface area contributed by atoms with E-state index in [4.69, 9.17) is 14.2 Å². The number of hydrogen-bond donors (Lipinski definition) is 1. The molecule has 7 nitrogen and oxygen atoms in total. The van der Waals surface area contributed by atoms with Crippen LogP contribution in [0.3, 0.4) is 0 Å². The maximum Gasteiger partial charge on any atom is 0.227 e. The van der Waals surface area contributed by atoms with Crippen LogP contribution in [0.25, 0.3) is 0 Å². The van der Waals surface area contributed by atoms with Gasteiger partial charge in [0.25, 0.3) is 0 Å². The fourth-order valence-corrected chi connectivity index (χ4v) is 5.41. The Balaban J connectivity index is 1.65. The third-order valence-electron chi connectivity index (χ3n) is 7.17. The molecule has 34 heavy (non-hydrogen) atoms. The molecule has 184 valence electrons. The van der Waals surface area contributed by atoms with E-state index in [1.807, 2.05) is 35.2 Å². The molecule has 2 fully saturated rings. The van der Waals surface area contributed by atoms with Gasteiger partial charge in [-0.3, -0.25) is 9.69 Å². The Labute approximate surface area is 202 Å². The van der Waals surface area contributed by atoms with Crippen LogP contribution in [-0.2, 0) is 11.3 Å². The third-order valence-corrected chi connectivity index (χ3v) is 7.17. The lowest BCUT2D eigenvalue weighted by Crippen LogP contribution is -2.45. The van der Waals surface area contributed by atoms with E-state index in [2.05, 4.69) is 17.0 Å². The molecule has 0 saturated carbocycles. The van der Waals surface area contributed by atoms with Gasteiger partial charge >= 0.3 is 0 Å². The first kappa shape index (κ1) is 24.4. The first-order valence-corrected chi connectivity index (χ1v) is 12.0. The predicted molar refractivity (Wildman–Crippen MR) is 130 cm³/mol. The quantitative estimate of drug-likeness (QED) is 0.642. The van der Waals surface area contributed by atoms with Gasteiger partial charge in [0.1, 0.15) is 0 Å². The molecule has 1 amide bonds. The summed E-state index contributed by atoms with van der Waals surface area (Å²) >= 11 is 0. The minimum absolute atomic E-state index is 0.000536. The number of aliphatic hydroxyl groups excluding tert-OH is 1. The summed E-state index contributed by atoms with van der Waals surface area (Å²) in [6.45, 7) is 3.77. The summed E-state index contributed by atoms with van der Waals surface area (Å²) in [5, 5.41) is 9.67. The van der Waals surface area contributed by atoms with Crippen LogP contribution in [0.5, 0.6) is 17.2 Å². The minimum atomic E-state index is -0.177. The number of amides is 1. The average Bonchev–Trinajstić information content (AvgIpc) is 3.31. The monoisotopic (exact) mass is 468 g/mol. The van der Waals surface area contributed by atoms with Crippen LogP contribution in [0.2, 0.25) is 0 Å². The van der Waals surface area contributed by atoms with Crippen molar-refractivity contribution in [3.05, 3.63) is 53.6 Å². The highest BCUT2D eigenvalue weighted by Crippen LogP contribution is 2.44. The summed E-state index contributed by atoms with van der Waals surface area (Å²) in [5.74, 6) is 1.92. The van der Waals surface area contributed by atoms with E-state index in [0.717, 1.165) is 38.0 Å². The molecule has 2 saturated heterocycles. The highest BCUT2D eigenvalue weighted by Gasteiger charge is 2.41. The van der Waals surface area contributed by atoms with E-state index >= 15 is 0 Å². The van der Waals surface area contributed by atoms with Gasteiger partial charge in [-0.05, 0) is 42.0 Å².